The number of carbonyl (C=O) groups is 1. The summed E-state index contributed by atoms with van der Waals surface area (Å²) in [6.07, 6.45) is 5.01. The van der Waals surface area contributed by atoms with Gasteiger partial charge in [-0.2, -0.15) is 0 Å². The third-order valence-corrected chi connectivity index (χ3v) is 4.10. The smallest absolute Gasteiger partial charge is 0.248 e. The number of hydrogen-bond acceptors (Lipinski definition) is 3. The van der Waals surface area contributed by atoms with E-state index in [1.165, 1.54) is 6.08 Å². The summed E-state index contributed by atoms with van der Waals surface area (Å²) < 4.78 is 0. The number of rotatable bonds is 4. The number of amides is 1. The summed E-state index contributed by atoms with van der Waals surface area (Å²) in [6, 6.07) is 11.4. The number of carbonyl (C=O) groups excluding carboxylic acids is 1. The number of H-pyrrole nitrogens is 1. The van der Waals surface area contributed by atoms with Gasteiger partial charge in [0.25, 0.3) is 0 Å². The molecular weight excluding hydrogens is 326 g/mol. The zero-order valence-corrected chi connectivity index (χ0v) is 15.2. The number of pyridine rings is 1. The van der Waals surface area contributed by atoms with Gasteiger partial charge in [0.1, 0.15) is 0 Å². The minimum atomic E-state index is -0.206. The average Bonchev–Trinajstić information content (AvgIpc) is 3.02. The van der Waals surface area contributed by atoms with E-state index < -0.39 is 0 Å². The van der Waals surface area contributed by atoms with Crippen LogP contribution in [0.1, 0.15) is 37.7 Å². The van der Waals surface area contributed by atoms with E-state index in [0.29, 0.717) is 5.69 Å². The summed E-state index contributed by atoms with van der Waals surface area (Å²) in [5.74, 6) is -0.206. The molecule has 3 aromatic rings. The highest BCUT2D eigenvalue weighted by Gasteiger charge is 2.14. The van der Waals surface area contributed by atoms with Crippen LogP contribution >= 0.6 is 0 Å². The Bertz CT molecular complexity index is 948. The molecule has 3 N–H and O–H groups in total. The molecule has 1 aromatic carbocycles. The average molecular weight is 349 g/mol. The number of aromatic nitrogens is 2. The number of anilines is 1. The molecule has 0 radical (unpaired) electrons. The molecule has 0 aliphatic heterocycles. The van der Waals surface area contributed by atoms with Gasteiger partial charge in [0.15, 0.2) is 0 Å². The number of aromatic amines is 1. The van der Waals surface area contributed by atoms with Crippen LogP contribution < -0.4 is 5.32 Å². The Morgan fingerprint density at radius 1 is 1.23 bits per heavy atom. The SMILES string of the molecule is CC(C)(C)c1ccc(C=CC(=O)Nc2ccc3[nH]c(CO)cc3c2)cn1. The molecule has 5 nitrogen and oxygen atoms in total. The van der Waals surface area contributed by atoms with Crippen LogP contribution in [0.4, 0.5) is 5.69 Å². The summed E-state index contributed by atoms with van der Waals surface area (Å²) in [5, 5.41) is 13.0. The number of nitrogens with one attached hydrogen (secondary N) is 2. The Morgan fingerprint density at radius 2 is 2.04 bits per heavy atom. The summed E-state index contributed by atoms with van der Waals surface area (Å²) in [5.41, 5.74) is 4.27. The number of nitrogens with zero attached hydrogens (tertiary/aromatic N) is 1. The zero-order valence-electron chi connectivity index (χ0n) is 15.2. The monoisotopic (exact) mass is 349 g/mol. The molecule has 0 atom stereocenters. The predicted octanol–water partition coefficient (Wildman–Crippen LogP) is 4.00. The summed E-state index contributed by atoms with van der Waals surface area (Å²) >= 11 is 0. The van der Waals surface area contributed by atoms with Gasteiger partial charge in [-0.15, -0.1) is 0 Å². The fourth-order valence-electron chi connectivity index (χ4n) is 2.66. The molecule has 26 heavy (non-hydrogen) atoms. The first-order chi connectivity index (χ1) is 12.3. The molecule has 0 saturated carbocycles. The maximum absolute atomic E-state index is 12.1. The van der Waals surface area contributed by atoms with E-state index in [-0.39, 0.29) is 17.9 Å². The normalized spacial score (nSPS) is 12.0. The van der Waals surface area contributed by atoms with Crippen LogP contribution in [0, 0.1) is 0 Å². The van der Waals surface area contributed by atoms with Crippen molar-refractivity contribution in [3.63, 3.8) is 0 Å². The topological polar surface area (TPSA) is 78.0 Å². The standard InChI is InChI=1S/C21H23N3O2/c1-21(2,3)19-8-4-14(12-22-19)5-9-20(26)24-16-6-7-18-15(10-16)11-17(13-25)23-18/h4-12,23,25H,13H2,1-3H3,(H,24,26). The van der Waals surface area contributed by atoms with Crippen LogP contribution in [0.15, 0.2) is 48.7 Å². The van der Waals surface area contributed by atoms with Gasteiger partial charge in [0.2, 0.25) is 5.91 Å². The number of benzene rings is 1. The molecule has 0 spiro atoms. The molecule has 0 saturated heterocycles. The van der Waals surface area contributed by atoms with Crippen molar-refractivity contribution >= 4 is 28.6 Å². The van der Waals surface area contributed by atoms with Gasteiger partial charge < -0.3 is 15.4 Å². The number of hydrogen-bond donors (Lipinski definition) is 3. The second-order valence-corrected chi connectivity index (χ2v) is 7.30. The van der Waals surface area contributed by atoms with E-state index >= 15 is 0 Å². The number of aliphatic hydroxyl groups is 1. The Balaban J connectivity index is 1.67. The second kappa shape index (κ2) is 7.14. The Kier molecular flexibility index (Phi) is 4.91. The highest BCUT2D eigenvalue weighted by Crippen LogP contribution is 2.21. The third kappa shape index (κ3) is 4.18. The van der Waals surface area contributed by atoms with Gasteiger partial charge in [-0.05, 0) is 42.0 Å². The van der Waals surface area contributed by atoms with Crippen LogP contribution in [0.25, 0.3) is 17.0 Å². The van der Waals surface area contributed by atoms with Gasteiger partial charge in [-0.1, -0.05) is 26.8 Å². The lowest BCUT2D eigenvalue weighted by Gasteiger charge is -2.17. The van der Waals surface area contributed by atoms with E-state index in [1.807, 2.05) is 36.4 Å². The van der Waals surface area contributed by atoms with Crippen molar-refractivity contribution in [2.45, 2.75) is 32.8 Å². The molecule has 134 valence electrons. The molecule has 2 heterocycles. The Morgan fingerprint density at radius 3 is 2.69 bits per heavy atom. The molecule has 0 fully saturated rings. The first-order valence-electron chi connectivity index (χ1n) is 8.53. The largest absolute Gasteiger partial charge is 0.390 e. The van der Waals surface area contributed by atoms with Crippen molar-refractivity contribution in [2.75, 3.05) is 5.32 Å². The molecule has 3 rings (SSSR count). The molecule has 1 amide bonds. The van der Waals surface area contributed by atoms with Crippen molar-refractivity contribution in [1.82, 2.24) is 9.97 Å². The van der Waals surface area contributed by atoms with Gasteiger partial charge in [-0.3, -0.25) is 9.78 Å². The fraction of sp³-hybridized carbons (Fsp3) is 0.238. The van der Waals surface area contributed by atoms with Crippen molar-refractivity contribution in [1.29, 1.82) is 0 Å². The van der Waals surface area contributed by atoms with E-state index in [4.69, 9.17) is 0 Å². The van der Waals surface area contributed by atoms with Crippen molar-refractivity contribution in [3.05, 3.63) is 65.6 Å². The summed E-state index contributed by atoms with van der Waals surface area (Å²) in [4.78, 5) is 19.7. The van der Waals surface area contributed by atoms with E-state index in [1.54, 1.807) is 12.3 Å². The van der Waals surface area contributed by atoms with Crippen LogP contribution in [-0.4, -0.2) is 21.0 Å². The van der Waals surface area contributed by atoms with Crippen molar-refractivity contribution < 1.29 is 9.90 Å². The van der Waals surface area contributed by atoms with Crippen LogP contribution in [0.2, 0.25) is 0 Å². The zero-order chi connectivity index (χ0) is 18.7. The van der Waals surface area contributed by atoms with E-state index in [2.05, 4.69) is 36.1 Å². The number of aliphatic hydroxyl groups excluding tert-OH is 1. The van der Waals surface area contributed by atoms with Gasteiger partial charge in [0, 0.05) is 45.7 Å². The van der Waals surface area contributed by atoms with Crippen molar-refractivity contribution in [3.8, 4) is 0 Å². The molecular formula is C21H23N3O2. The Labute approximate surface area is 152 Å². The first-order valence-corrected chi connectivity index (χ1v) is 8.53. The minimum Gasteiger partial charge on any atom is -0.390 e. The van der Waals surface area contributed by atoms with Crippen LogP contribution in [-0.2, 0) is 16.8 Å². The Hall–Kier alpha value is -2.92. The van der Waals surface area contributed by atoms with Gasteiger partial charge in [0.05, 0.1) is 6.61 Å². The lowest BCUT2D eigenvalue weighted by molar-refractivity contribution is -0.111. The van der Waals surface area contributed by atoms with Crippen LogP contribution in [0.3, 0.4) is 0 Å². The first kappa shape index (κ1) is 17.9. The number of fused-ring (bicyclic) bond motifs is 1. The molecule has 0 unspecified atom stereocenters. The quantitative estimate of drug-likeness (QED) is 0.623. The van der Waals surface area contributed by atoms with Crippen LogP contribution in [0.5, 0.6) is 0 Å². The van der Waals surface area contributed by atoms with Crippen molar-refractivity contribution in [2.24, 2.45) is 0 Å². The molecule has 2 aromatic heterocycles. The van der Waals surface area contributed by atoms with E-state index in [9.17, 15) is 9.90 Å². The van der Waals surface area contributed by atoms with Gasteiger partial charge >= 0.3 is 0 Å². The summed E-state index contributed by atoms with van der Waals surface area (Å²) in [6.45, 7) is 6.30. The minimum absolute atomic E-state index is 0.00633. The molecule has 0 aliphatic rings. The van der Waals surface area contributed by atoms with E-state index in [0.717, 1.165) is 27.9 Å². The summed E-state index contributed by atoms with van der Waals surface area (Å²) in [7, 11) is 0. The lowest BCUT2D eigenvalue weighted by atomic mass is 9.91. The highest BCUT2D eigenvalue weighted by molar-refractivity contribution is 6.03. The fourth-order valence-corrected chi connectivity index (χ4v) is 2.66. The molecule has 0 aliphatic carbocycles. The second-order valence-electron chi connectivity index (χ2n) is 7.30. The highest BCUT2D eigenvalue weighted by atomic mass is 16.3. The third-order valence-electron chi connectivity index (χ3n) is 4.10. The lowest BCUT2D eigenvalue weighted by Crippen LogP contribution is -2.13. The molecule has 5 heteroatoms. The molecule has 0 bridgehead atoms. The maximum Gasteiger partial charge on any atom is 0.248 e. The van der Waals surface area contributed by atoms with Gasteiger partial charge in [-0.25, -0.2) is 0 Å². The predicted molar refractivity (Wildman–Crippen MR) is 105 cm³/mol. The maximum atomic E-state index is 12.1.